The summed E-state index contributed by atoms with van der Waals surface area (Å²) in [6, 6.07) is 8.95. The van der Waals surface area contributed by atoms with Crippen LogP contribution in [0.2, 0.25) is 0 Å². The van der Waals surface area contributed by atoms with Crippen molar-refractivity contribution in [2.45, 2.75) is 38.5 Å². The summed E-state index contributed by atoms with van der Waals surface area (Å²) in [5, 5.41) is 5.56. The van der Waals surface area contributed by atoms with Crippen molar-refractivity contribution in [1.82, 2.24) is 24.2 Å². The number of piperidine rings is 1. The van der Waals surface area contributed by atoms with Gasteiger partial charge < -0.3 is 19.2 Å². The van der Waals surface area contributed by atoms with E-state index in [1.54, 1.807) is 22.6 Å². The standard InChI is InChI=1S/C29H37N5O2/c1-19(2)27-25-14-21(20-8-10-34(11-9-20)12-13-36-5)6-7-26(25)31-28(27)22-15-24(29(35)32(3)17-22)23-16-30-33(4)18-23/h6-7,14-20,31H,8-13H2,1-5H3. The van der Waals surface area contributed by atoms with E-state index in [0.717, 1.165) is 48.6 Å². The minimum absolute atomic E-state index is 0.0203. The monoisotopic (exact) mass is 487 g/mol. The molecule has 0 aliphatic carbocycles. The smallest absolute Gasteiger partial charge is 0.258 e. The third-order valence-corrected chi connectivity index (χ3v) is 7.60. The van der Waals surface area contributed by atoms with Gasteiger partial charge >= 0.3 is 0 Å². The molecule has 7 heteroatoms. The van der Waals surface area contributed by atoms with Crippen molar-refractivity contribution in [1.29, 1.82) is 0 Å². The molecule has 0 unspecified atom stereocenters. The van der Waals surface area contributed by atoms with E-state index in [0.29, 0.717) is 17.4 Å². The fourth-order valence-electron chi connectivity index (χ4n) is 5.64. The maximum absolute atomic E-state index is 13.0. The van der Waals surface area contributed by atoms with Crippen LogP contribution in [0.4, 0.5) is 0 Å². The number of H-pyrrole nitrogens is 1. The average molecular weight is 488 g/mol. The van der Waals surface area contributed by atoms with Crippen molar-refractivity contribution >= 4 is 10.9 Å². The van der Waals surface area contributed by atoms with Crippen molar-refractivity contribution in [3.8, 4) is 22.4 Å². The Morgan fingerprint density at radius 2 is 1.89 bits per heavy atom. The van der Waals surface area contributed by atoms with Gasteiger partial charge in [0.1, 0.15) is 0 Å². The third-order valence-electron chi connectivity index (χ3n) is 7.60. The quantitative estimate of drug-likeness (QED) is 0.403. The van der Waals surface area contributed by atoms with Crippen LogP contribution < -0.4 is 5.56 Å². The molecule has 4 aromatic rings. The molecule has 1 fully saturated rings. The number of aryl methyl sites for hydroxylation is 2. The molecule has 0 radical (unpaired) electrons. The maximum Gasteiger partial charge on any atom is 0.258 e. The van der Waals surface area contributed by atoms with E-state index in [4.69, 9.17) is 4.74 Å². The van der Waals surface area contributed by atoms with E-state index in [1.165, 1.54) is 29.4 Å². The lowest BCUT2D eigenvalue weighted by molar-refractivity contribution is 0.130. The normalized spacial score (nSPS) is 15.4. The number of benzene rings is 1. The molecule has 0 spiro atoms. The van der Waals surface area contributed by atoms with Gasteiger partial charge in [0, 0.05) is 62.2 Å². The molecule has 0 bridgehead atoms. The van der Waals surface area contributed by atoms with Gasteiger partial charge in [-0.05, 0) is 67.1 Å². The summed E-state index contributed by atoms with van der Waals surface area (Å²) >= 11 is 0. The number of aromatic nitrogens is 4. The van der Waals surface area contributed by atoms with Crippen molar-refractivity contribution in [3.05, 3.63) is 64.3 Å². The molecule has 1 aromatic carbocycles. The Morgan fingerprint density at radius 3 is 2.56 bits per heavy atom. The number of hydrogen-bond acceptors (Lipinski definition) is 4. The topological polar surface area (TPSA) is 68.1 Å². The summed E-state index contributed by atoms with van der Waals surface area (Å²) in [6.45, 7) is 8.55. The molecule has 0 saturated carbocycles. The second kappa shape index (κ2) is 10.1. The van der Waals surface area contributed by atoms with Crippen LogP contribution in [-0.2, 0) is 18.8 Å². The van der Waals surface area contributed by atoms with E-state index in [1.807, 2.05) is 32.6 Å². The number of methoxy groups -OCH3 is 1. The number of rotatable bonds is 7. The van der Waals surface area contributed by atoms with Crippen LogP contribution in [0.1, 0.15) is 49.7 Å². The van der Waals surface area contributed by atoms with Gasteiger partial charge in [-0.15, -0.1) is 0 Å². The zero-order valence-corrected chi connectivity index (χ0v) is 22.0. The summed E-state index contributed by atoms with van der Waals surface area (Å²) < 4.78 is 8.66. The van der Waals surface area contributed by atoms with E-state index in [9.17, 15) is 4.79 Å². The van der Waals surface area contributed by atoms with Crippen molar-refractivity contribution < 1.29 is 4.74 Å². The number of hydrogen-bond donors (Lipinski definition) is 1. The minimum Gasteiger partial charge on any atom is -0.383 e. The van der Waals surface area contributed by atoms with Crippen LogP contribution in [0.5, 0.6) is 0 Å². The highest BCUT2D eigenvalue weighted by Gasteiger charge is 2.23. The van der Waals surface area contributed by atoms with E-state index in [-0.39, 0.29) is 5.56 Å². The highest BCUT2D eigenvalue weighted by Crippen LogP contribution is 2.38. The second-order valence-corrected chi connectivity index (χ2v) is 10.4. The lowest BCUT2D eigenvalue weighted by atomic mass is 9.87. The molecule has 1 N–H and O–H groups in total. The Labute approximate surface area is 212 Å². The first kappa shape index (κ1) is 24.5. The SMILES string of the molecule is COCCN1CCC(c2ccc3[nH]c(-c4cc(-c5cnn(C)c5)c(=O)n(C)c4)c(C(C)C)c3c2)CC1. The number of nitrogens with one attached hydrogen (secondary N) is 1. The van der Waals surface area contributed by atoms with Gasteiger partial charge in [0.2, 0.25) is 0 Å². The molecule has 1 aliphatic heterocycles. The first-order valence-corrected chi connectivity index (χ1v) is 12.9. The second-order valence-electron chi connectivity index (χ2n) is 10.4. The summed E-state index contributed by atoms with van der Waals surface area (Å²) in [7, 11) is 5.46. The Hall–Kier alpha value is -3.16. The van der Waals surface area contributed by atoms with Crippen LogP contribution in [-0.4, -0.2) is 57.6 Å². The van der Waals surface area contributed by atoms with Gasteiger partial charge in [-0.3, -0.25) is 9.48 Å². The molecule has 3 aromatic heterocycles. The fourth-order valence-corrected chi connectivity index (χ4v) is 5.64. The fraction of sp³-hybridized carbons (Fsp3) is 0.448. The molecule has 36 heavy (non-hydrogen) atoms. The maximum atomic E-state index is 13.0. The van der Waals surface area contributed by atoms with E-state index < -0.39 is 0 Å². The molecule has 5 rings (SSSR count). The Bertz CT molecular complexity index is 1420. The summed E-state index contributed by atoms with van der Waals surface area (Å²) in [5.74, 6) is 0.917. The zero-order chi connectivity index (χ0) is 25.4. The van der Waals surface area contributed by atoms with E-state index in [2.05, 4.69) is 47.0 Å². The minimum atomic E-state index is -0.0203. The summed E-state index contributed by atoms with van der Waals surface area (Å²) in [5.41, 5.74) is 7.47. The lowest BCUT2D eigenvalue weighted by Crippen LogP contribution is -2.35. The van der Waals surface area contributed by atoms with Crippen molar-refractivity contribution in [2.75, 3.05) is 33.4 Å². The molecule has 4 heterocycles. The Balaban J connectivity index is 1.53. The largest absolute Gasteiger partial charge is 0.383 e. The van der Waals surface area contributed by atoms with Crippen LogP contribution in [0.3, 0.4) is 0 Å². The van der Waals surface area contributed by atoms with Crippen molar-refractivity contribution in [2.24, 2.45) is 14.1 Å². The van der Waals surface area contributed by atoms with Gasteiger partial charge in [0.25, 0.3) is 5.56 Å². The van der Waals surface area contributed by atoms with Gasteiger partial charge in [0.05, 0.1) is 24.1 Å². The molecule has 7 nitrogen and oxygen atoms in total. The van der Waals surface area contributed by atoms with Crippen molar-refractivity contribution in [3.63, 3.8) is 0 Å². The number of likely N-dealkylation sites (tertiary alicyclic amines) is 1. The zero-order valence-electron chi connectivity index (χ0n) is 22.0. The van der Waals surface area contributed by atoms with Gasteiger partial charge in [-0.2, -0.15) is 5.10 Å². The van der Waals surface area contributed by atoms with E-state index >= 15 is 0 Å². The van der Waals surface area contributed by atoms with Crippen LogP contribution in [0, 0.1) is 0 Å². The molecule has 0 amide bonds. The Morgan fingerprint density at radius 1 is 1.11 bits per heavy atom. The highest BCUT2D eigenvalue weighted by molar-refractivity contribution is 5.92. The highest BCUT2D eigenvalue weighted by atomic mass is 16.5. The lowest BCUT2D eigenvalue weighted by Gasteiger charge is -2.32. The third kappa shape index (κ3) is 4.65. The van der Waals surface area contributed by atoms with Crippen LogP contribution in [0.15, 0.2) is 47.7 Å². The molecule has 0 atom stereocenters. The summed E-state index contributed by atoms with van der Waals surface area (Å²) in [6.07, 6.45) is 7.94. The number of pyridine rings is 1. The number of ether oxygens (including phenoxy) is 1. The average Bonchev–Trinajstić information content (AvgIpc) is 3.48. The number of nitrogens with zero attached hydrogens (tertiary/aromatic N) is 4. The number of fused-ring (bicyclic) bond motifs is 1. The predicted octanol–water partition coefficient (Wildman–Crippen LogP) is 4.88. The molecule has 1 saturated heterocycles. The van der Waals surface area contributed by atoms with Gasteiger partial charge in [-0.25, -0.2) is 0 Å². The molecular formula is C29H37N5O2. The number of aromatic amines is 1. The Kier molecular flexibility index (Phi) is 6.86. The molecule has 190 valence electrons. The first-order valence-electron chi connectivity index (χ1n) is 12.9. The van der Waals surface area contributed by atoms with Crippen LogP contribution in [0.25, 0.3) is 33.3 Å². The van der Waals surface area contributed by atoms with Gasteiger partial charge in [-0.1, -0.05) is 19.9 Å². The first-order chi connectivity index (χ1) is 17.4. The van der Waals surface area contributed by atoms with Gasteiger partial charge in [0.15, 0.2) is 0 Å². The molecule has 1 aliphatic rings. The predicted molar refractivity (Wildman–Crippen MR) is 146 cm³/mol. The van der Waals surface area contributed by atoms with Crippen LogP contribution >= 0.6 is 0 Å². The summed E-state index contributed by atoms with van der Waals surface area (Å²) in [4.78, 5) is 19.2. The molecular weight excluding hydrogens is 450 g/mol.